The first-order valence-electron chi connectivity index (χ1n) is 9.16. The van der Waals surface area contributed by atoms with Crippen molar-refractivity contribution in [3.05, 3.63) is 89.2 Å². The lowest BCUT2D eigenvalue weighted by Crippen LogP contribution is -2.08. The van der Waals surface area contributed by atoms with E-state index in [9.17, 15) is 9.59 Å². The van der Waals surface area contributed by atoms with Gasteiger partial charge in [-0.3, -0.25) is 4.79 Å². The van der Waals surface area contributed by atoms with Crippen LogP contribution >= 0.6 is 0 Å². The van der Waals surface area contributed by atoms with E-state index in [1.807, 2.05) is 0 Å². The number of carbonyl (C=O) groups is 2. The average molecular weight is 402 g/mol. The van der Waals surface area contributed by atoms with Crippen LogP contribution < -0.4 is 18.9 Å². The maximum absolute atomic E-state index is 12.6. The van der Waals surface area contributed by atoms with Crippen molar-refractivity contribution in [2.45, 2.75) is 0 Å². The number of benzene rings is 3. The molecule has 1 aliphatic heterocycles. The molecular weight excluding hydrogens is 384 g/mol. The smallest absolute Gasteiger partial charge is 0.343 e. The van der Waals surface area contributed by atoms with Gasteiger partial charge in [0, 0.05) is 6.07 Å². The topological polar surface area (TPSA) is 71.1 Å². The van der Waals surface area contributed by atoms with Crippen molar-refractivity contribution >= 4 is 17.8 Å². The summed E-state index contributed by atoms with van der Waals surface area (Å²) < 4.78 is 21.4. The van der Waals surface area contributed by atoms with Crippen LogP contribution in [0.3, 0.4) is 0 Å². The third-order valence-corrected chi connectivity index (χ3v) is 4.55. The van der Waals surface area contributed by atoms with Gasteiger partial charge < -0.3 is 18.9 Å². The maximum atomic E-state index is 12.6. The Hall–Kier alpha value is -4.06. The number of esters is 1. The molecular formula is C24H18O6. The van der Waals surface area contributed by atoms with E-state index >= 15 is 0 Å². The van der Waals surface area contributed by atoms with Crippen molar-refractivity contribution in [3.63, 3.8) is 0 Å². The number of Topliss-reactive ketones (excluding diaryl/α,β-unsaturated/α-hetero) is 1. The Kier molecular flexibility index (Phi) is 5.22. The zero-order valence-electron chi connectivity index (χ0n) is 16.4. The number of methoxy groups -OCH3 is 2. The molecule has 0 fully saturated rings. The second kappa shape index (κ2) is 8.13. The van der Waals surface area contributed by atoms with Crippen LogP contribution in [0.2, 0.25) is 0 Å². The summed E-state index contributed by atoms with van der Waals surface area (Å²) in [6.45, 7) is 0. The standard InChI is InChI=1S/C24H18O6/c1-27-17-7-4-6-16(13-17)24(26)29-19-8-3-5-15(11-19)12-22-23(25)20-10-9-18(28-2)14-21(20)30-22/h3-14H,1-2H3/b22-12-. The Morgan fingerprint density at radius 3 is 2.40 bits per heavy atom. The van der Waals surface area contributed by atoms with Crippen LogP contribution in [0, 0.1) is 0 Å². The van der Waals surface area contributed by atoms with Crippen molar-refractivity contribution in [2.24, 2.45) is 0 Å². The minimum Gasteiger partial charge on any atom is -0.497 e. The molecule has 4 rings (SSSR count). The molecule has 6 nitrogen and oxygen atoms in total. The summed E-state index contributed by atoms with van der Waals surface area (Å²) in [7, 11) is 3.08. The van der Waals surface area contributed by atoms with Gasteiger partial charge in [-0.05, 0) is 54.1 Å². The van der Waals surface area contributed by atoms with Crippen LogP contribution in [0.1, 0.15) is 26.3 Å². The quantitative estimate of drug-likeness (QED) is 0.355. The SMILES string of the molecule is COc1cccc(C(=O)Oc2cccc(/C=C3\Oc4cc(OC)ccc4C3=O)c2)c1. The maximum Gasteiger partial charge on any atom is 0.343 e. The Bertz CT molecular complexity index is 1160. The number of hydrogen-bond donors (Lipinski definition) is 0. The monoisotopic (exact) mass is 402 g/mol. The number of carbonyl (C=O) groups excluding carboxylic acids is 2. The predicted molar refractivity (Wildman–Crippen MR) is 110 cm³/mol. The average Bonchev–Trinajstić information content (AvgIpc) is 3.08. The highest BCUT2D eigenvalue weighted by Crippen LogP contribution is 2.35. The first-order valence-corrected chi connectivity index (χ1v) is 9.16. The van der Waals surface area contributed by atoms with E-state index in [4.69, 9.17) is 18.9 Å². The van der Waals surface area contributed by atoms with Crippen molar-refractivity contribution in [3.8, 4) is 23.0 Å². The zero-order chi connectivity index (χ0) is 21.1. The van der Waals surface area contributed by atoms with E-state index in [0.29, 0.717) is 39.7 Å². The predicted octanol–water partition coefficient (Wildman–Crippen LogP) is 4.54. The number of rotatable bonds is 5. The number of fused-ring (bicyclic) bond motifs is 1. The van der Waals surface area contributed by atoms with Crippen LogP contribution in [0.25, 0.3) is 6.08 Å². The van der Waals surface area contributed by atoms with Crippen LogP contribution in [0.15, 0.2) is 72.5 Å². The first-order chi connectivity index (χ1) is 14.6. The van der Waals surface area contributed by atoms with Gasteiger partial charge >= 0.3 is 5.97 Å². The van der Waals surface area contributed by atoms with Crippen LogP contribution in [-0.2, 0) is 0 Å². The number of hydrogen-bond acceptors (Lipinski definition) is 6. The summed E-state index contributed by atoms with van der Waals surface area (Å²) in [6.07, 6.45) is 1.61. The fraction of sp³-hybridized carbons (Fsp3) is 0.0833. The summed E-state index contributed by atoms with van der Waals surface area (Å²) in [6, 6.07) is 18.6. The molecule has 6 heteroatoms. The van der Waals surface area contributed by atoms with Gasteiger partial charge in [0.25, 0.3) is 0 Å². The summed E-state index contributed by atoms with van der Waals surface area (Å²) in [5.41, 5.74) is 1.51. The lowest BCUT2D eigenvalue weighted by molar-refractivity contribution is 0.0734. The minimum absolute atomic E-state index is 0.189. The number of allylic oxidation sites excluding steroid dienone is 1. The molecule has 30 heavy (non-hydrogen) atoms. The zero-order valence-corrected chi connectivity index (χ0v) is 16.4. The van der Waals surface area contributed by atoms with Crippen LogP contribution in [0.5, 0.6) is 23.0 Å². The fourth-order valence-corrected chi connectivity index (χ4v) is 3.03. The Balaban J connectivity index is 1.54. The van der Waals surface area contributed by atoms with Gasteiger partial charge in [-0.1, -0.05) is 18.2 Å². The third kappa shape index (κ3) is 3.89. The molecule has 3 aromatic carbocycles. The fourth-order valence-electron chi connectivity index (χ4n) is 3.03. The number of ether oxygens (including phenoxy) is 4. The highest BCUT2D eigenvalue weighted by Gasteiger charge is 2.27. The molecule has 0 radical (unpaired) electrons. The van der Waals surface area contributed by atoms with Gasteiger partial charge in [0.15, 0.2) is 5.76 Å². The van der Waals surface area contributed by atoms with Crippen molar-refractivity contribution in [1.82, 2.24) is 0 Å². The van der Waals surface area contributed by atoms with Gasteiger partial charge in [-0.2, -0.15) is 0 Å². The molecule has 0 N–H and O–H groups in total. The van der Waals surface area contributed by atoms with Crippen LogP contribution in [-0.4, -0.2) is 26.0 Å². The molecule has 0 saturated carbocycles. The number of ketones is 1. The molecule has 0 atom stereocenters. The molecule has 0 spiro atoms. The van der Waals surface area contributed by atoms with Crippen molar-refractivity contribution < 1.29 is 28.5 Å². The molecule has 150 valence electrons. The van der Waals surface area contributed by atoms with Gasteiger partial charge in [0.1, 0.15) is 23.0 Å². The van der Waals surface area contributed by atoms with E-state index < -0.39 is 5.97 Å². The highest BCUT2D eigenvalue weighted by molar-refractivity contribution is 6.14. The van der Waals surface area contributed by atoms with E-state index in [0.717, 1.165) is 0 Å². The first kappa shape index (κ1) is 19.3. The van der Waals surface area contributed by atoms with E-state index in [2.05, 4.69) is 0 Å². The van der Waals surface area contributed by atoms with Gasteiger partial charge in [-0.25, -0.2) is 4.79 Å². The van der Waals surface area contributed by atoms with Gasteiger partial charge in [0.2, 0.25) is 5.78 Å². The van der Waals surface area contributed by atoms with E-state index in [-0.39, 0.29) is 11.5 Å². The van der Waals surface area contributed by atoms with Gasteiger partial charge in [-0.15, -0.1) is 0 Å². The summed E-state index contributed by atoms with van der Waals surface area (Å²) >= 11 is 0. The normalized spacial score (nSPS) is 13.5. The molecule has 0 saturated heterocycles. The van der Waals surface area contributed by atoms with Crippen LogP contribution in [0.4, 0.5) is 0 Å². The van der Waals surface area contributed by atoms with Crippen molar-refractivity contribution in [2.75, 3.05) is 14.2 Å². The molecule has 3 aromatic rings. The largest absolute Gasteiger partial charge is 0.497 e. The Labute approximate surface area is 173 Å². The molecule has 0 unspecified atom stereocenters. The third-order valence-electron chi connectivity index (χ3n) is 4.55. The van der Waals surface area contributed by atoms with Crippen molar-refractivity contribution in [1.29, 1.82) is 0 Å². The van der Waals surface area contributed by atoms with E-state index in [1.54, 1.807) is 79.9 Å². The van der Waals surface area contributed by atoms with E-state index in [1.165, 1.54) is 7.11 Å². The summed E-state index contributed by atoms with van der Waals surface area (Å²) in [5, 5.41) is 0. The highest BCUT2D eigenvalue weighted by atomic mass is 16.5. The summed E-state index contributed by atoms with van der Waals surface area (Å²) in [5.74, 6) is 1.44. The molecule has 0 bridgehead atoms. The molecule has 1 aliphatic rings. The lowest BCUT2D eigenvalue weighted by atomic mass is 10.1. The second-order valence-electron chi connectivity index (χ2n) is 6.50. The second-order valence-corrected chi connectivity index (χ2v) is 6.50. The van der Waals surface area contributed by atoms with Gasteiger partial charge in [0.05, 0.1) is 25.3 Å². The lowest BCUT2D eigenvalue weighted by Gasteiger charge is -2.07. The molecule has 0 aliphatic carbocycles. The Morgan fingerprint density at radius 2 is 1.60 bits per heavy atom. The molecule has 0 aromatic heterocycles. The molecule has 0 amide bonds. The summed E-state index contributed by atoms with van der Waals surface area (Å²) in [4.78, 5) is 25.0. The minimum atomic E-state index is -0.508. The Morgan fingerprint density at radius 1 is 0.867 bits per heavy atom. The molecule has 1 heterocycles.